The highest BCUT2D eigenvalue weighted by Gasteiger charge is 2.26. The van der Waals surface area contributed by atoms with Gasteiger partial charge in [0.2, 0.25) is 0 Å². The van der Waals surface area contributed by atoms with Gasteiger partial charge in [-0.25, -0.2) is 0 Å². The Morgan fingerprint density at radius 3 is 1.91 bits per heavy atom. The average Bonchev–Trinajstić information content (AvgIpc) is 2.44. The second kappa shape index (κ2) is 11.5. The normalized spacial score (nSPS) is 12.8. The molecular weight excluding hydrogens is 280 g/mol. The highest BCUT2D eigenvalue weighted by atomic mass is 16.5. The zero-order valence-electron chi connectivity index (χ0n) is 15.2. The maximum absolute atomic E-state index is 12.3. The van der Waals surface area contributed by atoms with Gasteiger partial charge in [0.1, 0.15) is 0 Å². The molecular formula is C18H34O4. The lowest BCUT2D eigenvalue weighted by atomic mass is 9.94. The van der Waals surface area contributed by atoms with Crippen molar-refractivity contribution in [1.29, 1.82) is 0 Å². The Morgan fingerprint density at radius 1 is 0.864 bits per heavy atom. The molecule has 0 heterocycles. The van der Waals surface area contributed by atoms with Crippen molar-refractivity contribution in [3.05, 3.63) is 0 Å². The molecule has 1 atom stereocenters. The molecule has 0 saturated carbocycles. The van der Waals surface area contributed by atoms with Gasteiger partial charge in [-0.3, -0.25) is 9.59 Å². The zero-order valence-corrected chi connectivity index (χ0v) is 15.2. The summed E-state index contributed by atoms with van der Waals surface area (Å²) >= 11 is 0. The molecule has 0 aromatic carbocycles. The minimum Gasteiger partial charge on any atom is -0.465 e. The topological polar surface area (TPSA) is 52.6 Å². The first kappa shape index (κ1) is 20.9. The van der Waals surface area contributed by atoms with Crippen LogP contribution < -0.4 is 0 Å². The molecule has 1 unspecified atom stereocenters. The van der Waals surface area contributed by atoms with Gasteiger partial charge in [0.05, 0.1) is 25.6 Å². The summed E-state index contributed by atoms with van der Waals surface area (Å²) in [7, 11) is 0. The van der Waals surface area contributed by atoms with Crippen LogP contribution in [0.5, 0.6) is 0 Å². The van der Waals surface area contributed by atoms with Gasteiger partial charge in [0.25, 0.3) is 0 Å². The molecule has 130 valence electrons. The lowest BCUT2D eigenvalue weighted by molar-refractivity contribution is -0.157. The third-order valence-electron chi connectivity index (χ3n) is 3.70. The number of hydrogen-bond donors (Lipinski definition) is 0. The maximum atomic E-state index is 12.3. The third kappa shape index (κ3) is 9.80. The molecule has 0 bridgehead atoms. The first-order chi connectivity index (χ1) is 10.3. The molecule has 0 aliphatic rings. The van der Waals surface area contributed by atoms with Gasteiger partial charge in [0, 0.05) is 0 Å². The predicted molar refractivity (Wildman–Crippen MR) is 88.4 cm³/mol. The van der Waals surface area contributed by atoms with Crippen LogP contribution in [0, 0.1) is 23.7 Å². The Morgan fingerprint density at radius 2 is 1.45 bits per heavy atom. The van der Waals surface area contributed by atoms with E-state index in [0.29, 0.717) is 37.4 Å². The van der Waals surface area contributed by atoms with E-state index in [1.807, 2.05) is 27.7 Å². The summed E-state index contributed by atoms with van der Waals surface area (Å²) in [5, 5.41) is 0. The smallest absolute Gasteiger partial charge is 0.309 e. The number of carbonyl (C=O) groups excluding carboxylic acids is 2. The SMILES string of the molecule is CCC(CC)COC(=O)C(CC(=O)OCC(C)C)CC(C)C. The van der Waals surface area contributed by atoms with E-state index in [4.69, 9.17) is 9.47 Å². The standard InChI is InChI=1S/C18H34O4/c1-7-15(8-2)12-22-18(20)16(9-13(3)4)10-17(19)21-11-14(5)6/h13-16H,7-12H2,1-6H3. The highest BCUT2D eigenvalue weighted by Crippen LogP contribution is 2.19. The monoisotopic (exact) mass is 314 g/mol. The molecule has 0 radical (unpaired) electrons. The molecule has 22 heavy (non-hydrogen) atoms. The number of esters is 2. The van der Waals surface area contributed by atoms with Crippen LogP contribution in [-0.4, -0.2) is 25.2 Å². The van der Waals surface area contributed by atoms with Crippen LogP contribution in [0.15, 0.2) is 0 Å². The summed E-state index contributed by atoms with van der Waals surface area (Å²) in [6, 6.07) is 0. The van der Waals surface area contributed by atoms with E-state index in [9.17, 15) is 9.59 Å². The summed E-state index contributed by atoms with van der Waals surface area (Å²) in [5.74, 6) is 0.0735. The molecule has 0 N–H and O–H groups in total. The molecule has 4 heteroatoms. The summed E-state index contributed by atoms with van der Waals surface area (Å²) in [6.07, 6.45) is 2.76. The molecule has 0 aliphatic carbocycles. The number of rotatable bonds is 11. The molecule has 0 aromatic heterocycles. The van der Waals surface area contributed by atoms with Gasteiger partial charge < -0.3 is 9.47 Å². The van der Waals surface area contributed by atoms with Gasteiger partial charge in [-0.15, -0.1) is 0 Å². The number of carbonyl (C=O) groups is 2. The van der Waals surface area contributed by atoms with E-state index in [1.54, 1.807) is 0 Å². The van der Waals surface area contributed by atoms with E-state index in [2.05, 4.69) is 13.8 Å². The summed E-state index contributed by atoms with van der Waals surface area (Å²) < 4.78 is 10.6. The Balaban J connectivity index is 4.48. The van der Waals surface area contributed by atoms with Crippen molar-refractivity contribution >= 4 is 11.9 Å². The molecule has 0 saturated heterocycles. The van der Waals surface area contributed by atoms with E-state index < -0.39 is 5.92 Å². The lowest BCUT2D eigenvalue weighted by Crippen LogP contribution is -2.26. The molecule has 4 nitrogen and oxygen atoms in total. The van der Waals surface area contributed by atoms with Crippen molar-refractivity contribution in [2.24, 2.45) is 23.7 Å². The van der Waals surface area contributed by atoms with Crippen molar-refractivity contribution < 1.29 is 19.1 Å². The van der Waals surface area contributed by atoms with E-state index in [1.165, 1.54) is 0 Å². The zero-order chi connectivity index (χ0) is 17.1. The quantitative estimate of drug-likeness (QED) is 0.536. The van der Waals surface area contributed by atoms with Crippen LogP contribution in [-0.2, 0) is 19.1 Å². The maximum Gasteiger partial charge on any atom is 0.309 e. The van der Waals surface area contributed by atoms with E-state index in [0.717, 1.165) is 12.8 Å². The van der Waals surface area contributed by atoms with Crippen molar-refractivity contribution in [2.75, 3.05) is 13.2 Å². The average molecular weight is 314 g/mol. The van der Waals surface area contributed by atoms with Gasteiger partial charge in [-0.05, 0) is 24.2 Å². The van der Waals surface area contributed by atoms with Crippen molar-refractivity contribution in [3.8, 4) is 0 Å². The van der Waals surface area contributed by atoms with Gasteiger partial charge in [-0.1, -0.05) is 54.4 Å². The second-order valence-electron chi connectivity index (χ2n) is 6.92. The van der Waals surface area contributed by atoms with Gasteiger partial charge in [-0.2, -0.15) is 0 Å². The van der Waals surface area contributed by atoms with E-state index in [-0.39, 0.29) is 18.4 Å². The van der Waals surface area contributed by atoms with Crippen molar-refractivity contribution in [2.45, 2.75) is 67.2 Å². The Labute approximate surface area is 135 Å². The Hall–Kier alpha value is -1.06. The first-order valence-electron chi connectivity index (χ1n) is 8.62. The van der Waals surface area contributed by atoms with Crippen LogP contribution in [0.25, 0.3) is 0 Å². The molecule has 0 aromatic rings. The third-order valence-corrected chi connectivity index (χ3v) is 3.70. The second-order valence-corrected chi connectivity index (χ2v) is 6.92. The summed E-state index contributed by atoms with van der Waals surface area (Å²) in [4.78, 5) is 24.1. The minimum atomic E-state index is -0.394. The molecule has 0 rings (SSSR count). The molecule has 0 spiro atoms. The first-order valence-corrected chi connectivity index (χ1v) is 8.62. The largest absolute Gasteiger partial charge is 0.465 e. The van der Waals surface area contributed by atoms with Crippen LogP contribution in [0.3, 0.4) is 0 Å². The molecule has 0 fully saturated rings. The fourth-order valence-corrected chi connectivity index (χ4v) is 2.19. The van der Waals surface area contributed by atoms with Gasteiger partial charge >= 0.3 is 11.9 Å². The fraction of sp³-hybridized carbons (Fsp3) is 0.889. The minimum absolute atomic E-state index is 0.118. The summed E-state index contributed by atoms with van der Waals surface area (Å²) in [6.45, 7) is 13.1. The van der Waals surface area contributed by atoms with Crippen LogP contribution >= 0.6 is 0 Å². The highest BCUT2D eigenvalue weighted by molar-refractivity contribution is 5.80. The number of ether oxygens (including phenoxy) is 2. The fourth-order valence-electron chi connectivity index (χ4n) is 2.19. The Bertz CT molecular complexity index is 319. The molecule has 0 amide bonds. The van der Waals surface area contributed by atoms with Crippen molar-refractivity contribution in [3.63, 3.8) is 0 Å². The predicted octanol–water partition coefficient (Wildman–Crippen LogP) is 4.22. The molecule has 0 aliphatic heterocycles. The van der Waals surface area contributed by atoms with E-state index >= 15 is 0 Å². The van der Waals surface area contributed by atoms with Crippen LogP contribution in [0.2, 0.25) is 0 Å². The van der Waals surface area contributed by atoms with Gasteiger partial charge in [0.15, 0.2) is 0 Å². The summed E-state index contributed by atoms with van der Waals surface area (Å²) in [5.41, 5.74) is 0. The van der Waals surface area contributed by atoms with Crippen LogP contribution in [0.1, 0.15) is 67.2 Å². The lowest BCUT2D eigenvalue weighted by Gasteiger charge is -2.19. The Kier molecular flexibility index (Phi) is 10.9. The van der Waals surface area contributed by atoms with Crippen LogP contribution in [0.4, 0.5) is 0 Å². The van der Waals surface area contributed by atoms with Crippen molar-refractivity contribution in [1.82, 2.24) is 0 Å². The number of hydrogen-bond acceptors (Lipinski definition) is 4.